The van der Waals surface area contributed by atoms with Crippen molar-refractivity contribution in [1.29, 1.82) is 0 Å². The minimum atomic E-state index is -3.48. The zero-order valence-electron chi connectivity index (χ0n) is 59.0. The van der Waals surface area contributed by atoms with Gasteiger partial charge in [-0.25, -0.2) is 4.98 Å². The average molecular weight is 1370 g/mol. The normalized spacial score (nSPS) is 15.1. The molecule has 0 saturated heterocycles. The Kier molecular flexibility index (Phi) is 29.6. The van der Waals surface area contributed by atoms with Crippen LogP contribution in [-0.4, -0.2) is 155 Å². The fourth-order valence-electron chi connectivity index (χ4n) is 12.2. The Morgan fingerprint density at radius 2 is 1.31 bits per heavy atom. The number of benzene rings is 2. The molecular weight excluding hydrogens is 1260 g/mol. The summed E-state index contributed by atoms with van der Waals surface area (Å²) in [5.41, 5.74) is 13.8. The molecule has 2 aromatic carbocycles. The molecule has 0 bridgehead atoms. The highest BCUT2D eigenvalue weighted by molar-refractivity contribution is 6.90. The van der Waals surface area contributed by atoms with Crippen molar-refractivity contribution < 1.29 is 56.8 Å². The van der Waals surface area contributed by atoms with Crippen LogP contribution in [0.15, 0.2) is 67.3 Å². The number of halogens is 1. The van der Waals surface area contributed by atoms with E-state index in [1.54, 1.807) is 74.5 Å². The second-order valence-electron chi connectivity index (χ2n) is 28.8. The van der Waals surface area contributed by atoms with Crippen LogP contribution in [0.4, 0.5) is 4.11 Å². The topological polar surface area (TPSA) is 373 Å². The maximum absolute atomic E-state index is 16.8. The summed E-state index contributed by atoms with van der Waals surface area (Å²) in [6, 6.07) is 6.79. The Balaban J connectivity index is 1.20. The molecule has 1 fully saturated rings. The molecule has 4 aromatic rings. The number of hydrogen-bond acceptors (Lipinski definition) is 12. The number of carbonyl (C=O) groups excluding carboxylic acids is 11. The van der Waals surface area contributed by atoms with Gasteiger partial charge in [0.25, 0.3) is 8.41 Å². The van der Waals surface area contributed by atoms with Crippen LogP contribution in [0.2, 0.25) is 10.1 Å². The lowest BCUT2D eigenvalue weighted by atomic mass is 9.95. The molecule has 8 atom stereocenters. The van der Waals surface area contributed by atoms with Gasteiger partial charge in [-0.1, -0.05) is 131 Å². The molecule has 97 heavy (non-hydrogen) atoms. The van der Waals surface area contributed by atoms with Gasteiger partial charge in [-0.3, -0.25) is 52.7 Å². The fraction of sp³-hybridized carbons (Fsp3) is 0.600. The molecule has 1 saturated carbocycles. The van der Waals surface area contributed by atoms with Gasteiger partial charge in [-0.15, -0.1) is 0 Å². The van der Waals surface area contributed by atoms with Gasteiger partial charge >= 0.3 is 0 Å². The summed E-state index contributed by atoms with van der Waals surface area (Å²) >= 11 is 0. The van der Waals surface area contributed by atoms with E-state index in [0.29, 0.717) is 48.0 Å². The first kappa shape index (κ1) is 79.2. The molecule has 1 aliphatic carbocycles. The Labute approximate surface area is 571 Å². The number of likely N-dealkylation sites (N-methyl/N-ethyl adjacent to an activating group) is 1. The number of rotatable bonds is 39. The Bertz CT molecular complexity index is 3360. The van der Waals surface area contributed by atoms with Crippen LogP contribution in [-0.2, 0) is 79.1 Å². The van der Waals surface area contributed by atoms with Crippen molar-refractivity contribution in [2.75, 3.05) is 20.1 Å². The van der Waals surface area contributed by atoms with Crippen LogP contribution in [0.25, 0.3) is 10.9 Å². The Morgan fingerprint density at radius 3 is 1.91 bits per heavy atom. The molecule has 2 aromatic heterocycles. The van der Waals surface area contributed by atoms with Gasteiger partial charge in [0.1, 0.15) is 36.3 Å². The second-order valence-corrected chi connectivity index (χ2v) is 33.7. The van der Waals surface area contributed by atoms with E-state index < -0.39 is 126 Å². The number of fused-ring (bicyclic) bond motifs is 1. The van der Waals surface area contributed by atoms with E-state index in [1.165, 1.54) is 14.0 Å². The van der Waals surface area contributed by atoms with Crippen LogP contribution in [0.5, 0.6) is 0 Å². The van der Waals surface area contributed by atoms with Gasteiger partial charge in [0, 0.05) is 87.8 Å². The Hall–Kier alpha value is -8.49. The zero-order valence-corrected chi connectivity index (χ0v) is 60.0. The number of para-hydroxylation sites is 1. The van der Waals surface area contributed by atoms with E-state index >= 15 is 4.11 Å². The number of aryl methyl sites for hydroxylation is 1. The van der Waals surface area contributed by atoms with Gasteiger partial charge in [0.2, 0.25) is 65.0 Å². The average Bonchev–Trinajstić information content (AvgIpc) is 1.07. The number of primary amides is 2. The van der Waals surface area contributed by atoms with Crippen LogP contribution < -0.4 is 59.2 Å². The maximum Gasteiger partial charge on any atom is 0.288 e. The molecule has 27 heteroatoms. The van der Waals surface area contributed by atoms with E-state index in [-0.39, 0.29) is 75.6 Å². The predicted octanol–water partition coefficient (Wildman–Crippen LogP) is 4.23. The minimum absolute atomic E-state index is 0.00576. The lowest BCUT2D eigenvalue weighted by Crippen LogP contribution is -2.59. The third kappa shape index (κ3) is 24.2. The lowest BCUT2D eigenvalue weighted by Gasteiger charge is -2.44. The fourth-order valence-corrected chi connectivity index (χ4v) is 16.8. The van der Waals surface area contributed by atoms with Crippen molar-refractivity contribution >= 4 is 89.5 Å². The number of amides is 11. The number of imidazole rings is 1. The summed E-state index contributed by atoms with van der Waals surface area (Å²) in [5.74, 6) is -6.83. The Morgan fingerprint density at radius 1 is 0.701 bits per heavy atom. The summed E-state index contributed by atoms with van der Waals surface area (Å²) < 4.78 is 18.5. The number of unbranched alkanes of at least 4 members (excludes halogenated alkanes) is 1. The van der Waals surface area contributed by atoms with E-state index in [9.17, 15) is 52.7 Å². The zero-order chi connectivity index (χ0) is 72.1. The summed E-state index contributed by atoms with van der Waals surface area (Å²) in [7, 11) is -0.366. The number of hydrogen-bond donors (Lipinski definition) is 11. The van der Waals surface area contributed by atoms with Crippen molar-refractivity contribution in [3.63, 3.8) is 0 Å². The summed E-state index contributed by atoms with van der Waals surface area (Å²) in [5, 5.41) is 22.5. The van der Waals surface area contributed by atoms with Gasteiger partial charge in [0.15, 0.2) is 0 Å². The monoisotopic (exact) mass is 1370 g/mol. The predicted molar refractivity (Wildman–Crippen MR) is 372 cm³/mol. The molecule has 534 valence electrons. The molecule has 0 unspecified atom stereocenters. The highest BCUT2D eigenvalue weighted by atomic mass is 28.4. The molecule has 0 spiro atoms. The van der Waals surface area contributed by atoms with Crippen molar-refractivity contribution in [3.8, 4) is 0 Å². The second kappa shape index (κ2) is 36.2. The van der Waals surface area contributed by atoms with E-state index in [0.717, 1.165) is 40.6 Å². The van der Waals surface area contributed by atoms with Crippen LogP contribution >= 0.6 is 0 Å². The third-order valence-electron chi connectivity index (χ3n) is 18.1. The standard InChI is InChI=1S/C70H107FN14O11Si/c1-14-43(4)33-48(26-31-59(88)80-54(63(73)91)34-45-22-23-45)78-67(95)56(37-49-39-74-41-85(49)13)81-61(90)40-84(12)68(96)62(42(2)3)83-64(92)44(5)77-66(94)55(36-47-38-76-52-20-16-15-19-51(47)52)82-65(93)53(29-30-57(72)86)79-58(87)21-17-18-32-75-60(89)35-46-24-27-50(28-25-46)97(71,69(6,7)8)70(9,10)11/h15-16,19-20,24-25,27-28,38-39,41-45,48,53-56,62,76H,14,17-18,21-23,26,29-37,40H2,1-13H3,(H2,72,86)(H2,73,91)(H,75,89)(H,77,94)(H,78,95)(H,79,87)(H,80,88)(H,81,90)(H,82,93)(H,83,92)/t43-,44-,48+,53-,54-,55-,56-,62-/m0/s1. The number of nitrogens with zero attached hydrogens (tertiary/aromatic N) is 3. The molecule has 25 nitrogen and oxygen atoms in total. The highest BCUT2D eigenvalue weighted by Crippen LogP contribution is 2.51. The van der Waals surface area contributed by atoms with Crippen LogP contribution in [0, 0.1) is 17.8 Å². The lowest BCUT2D eigenvalue weighted by molar-refractivity contribution is -0.140. The number of aromatic nitrogens is 3. The van der Waals surface area contributed by atoms with Crippen molar-refractivity contribution in [2.45, 2.75) is 225 Å². The van der Waals surface area contributed by atoms with Gasteiger partial charge in [-0.2, -0.15) is 0 Å². The summed E-state index contributed by atoms with van der Waals surface area (Å²) in [4.78, 5) is 157. The molecular formula is C70H107FN14O11Si. The molecule has 0 aliphatic heterocycles. The summed E-state index contributed by atoms with van der Waals surface area (Å²) in [6.45, 7) is 20.1. The van der Waals surface area contributed by atoms with Crippen molar-refractivity contribution in [1.82, 2.24) is 62.0 Å². The molecule has 1 aliphatic rings. The number of nitrogens with two attached hydrogens (primary N) is 2. The maximum atomic E-state index is 16.8. The van der Waals surface area contributed by atoms with Gasteiger partial charge in [0.05, 0.1) is 19.3 Å². The quantitative estimate of drug-likeness (QED) is 0.0170. The van der Waals surface area contributed by atoms with Crippen molar-refractivity contribution in [2.24, 2.45) is 36.3 Å². The molecule has 13 N–H and O–H groups in total. The SMILES string of the molecule is CC[C@H](C)C[C@@H](CCC(=O)N[C@@H](CC1CC1)C(N)=O)NC(=O)[C@H](Cc1cncn1C)NC(=O)CN(C)C(=O)[C@@H](NC(=O)[C@H](C)NC(=O)[C@H](Cc1c[nH]c2ccccc12)NC(=O)[C@H](CCC(N)=O)NC(=O)CCCCNC(=O)Cc1ccc([Si](F)(C(C)(C)C)C(C)(C)C)cc1)C(C)C. The van der Waals surface area contributed by atoms with Crippen LogP contribution in [0.3, 0.4) is 0 Å². The largest absolute Gasteiger partial charge is 0.370 e. The van der Waals surface area contributed by atoms with E-state index in [1.807, 2.05) is 73.6 Å². The number of H-pyrrole nitrogens is 1. The van der Waals surface area contributed by atoms with Crippen molar-refractivity contribution in [3.05, 3.63) is 84.1 Å². The smallest absolute Gasteiger partial charge is 0.288 e. The van der Waals surface area contributed by atoms with Gasteiger partial charge in [-0.05, 0) is 95.7 Å². The minimum Gasteiger partial charge on any atom is -0.370 e. The van der Waals surface area contributed by atoms with E-state index in [2.05, 4.69) is 52.5 Å². The first-order valence-electron chi connectivity index (χ1n) is 34.0. The molecule has 0 radical (unpaired) electrons. The highest BCUT2D eigenvalue weighted by Gasteiger charge is 2.56. The molecule has 11 amide bonds. The van der Waals surface area contributed by atoms with E-state index in [4.69, 9.17) is 11.5 Å². The number of carbonyl (C=O) groups is 11. The molecule has 5 rings (SSSR count). The first-order chi connectivity index (χ1) is 45.5. The number of nitrogens with one attached hydrogen (secondary N) is 9. The third-order valence-corrected chi connectivity index (χ3v) is 23.4. The molecule has 2 heterocycles. The first-order valence-corrected chi connectivity index (χ1v) is 35.9. The number of aromatic amines is 1. The van der Waals surface area contributed by atoms with Gasteiger partial charge < -0.3 is 72.6 Å². The summed E-state index contributed by atoms with van der Waals surface area (Å²) in [6.07, 6.45) is 8.95. The van der Waals surface area contributed by atoms with Crippen LogP contribution in [0.1, 0.15) is 170 Å².